The van der Waals surface area contributed by atoms with Crippen molar-refractivity contribution >= 4 is 23.6 Å². The van der Waals surface area contributed by atoms with Crippen LogP contribution in [0.2, 0.25) is 5.15 Å². The summed E-state index contributed by atoms with van der Waals surface area (Å²) in [7, 11) is 1.44. The lowest BCUT2D eigenvalue weighted by Crippen LogP contribution is -2.11. The highest BCUT2D eigenvalue weighted by Crippen LogP contribution is 2.33. The summed E-state index contributed by atoms with van der Waals surface area (Å²) >= 11 is 6.73. The fraction of sp³-hybridized carbons (Fsp3) is 0.387. The van der Waals surface area contributed by atoms with E-state index in [1.54, 1.807) is 0 Å². The molecule has 2 heterocycles. The molecule has 5 rings (SSSR count). The molecule has 2 aromatic heterocycles. The average molecular weight is 559 g/mol. The van der Waals surface area contributed by atoms with Crippen molar-refractivity contribution in [1.29, 1.82) is 0 Å². The first-order chi connectivity index (χ1) is 19.6. The molecule has 40 heavy (non-hydrogen) atoms. The van der Waals surface area contributed by atoms with Gasteiger partial charge in [-0.25, -0.2) is 9.78 Å². The quantitative estimate of drug-likeness (QED) is 0.159. The number of hydrogen-bond donors (Lipinski definition) is 1. The van der Waals surface area contributed by atoms with E-state index in [1.165, 1.54) is 20.0 Å². The van der Waals surface area contributed by atoms with Crippen LogP contribution in [0.3, 0.4) is 0 Å². The lowest BCUT2D eigenvalue weighted by Gasteiger charge is -2.14. The van der Waals surface area contributed by atoms with E-state index in [-0.39, 0.29) is 5.97 Å². The zero-order valence-corrected chi connectivity index (χ0v) is 23.8. The van der Waals surface area contributed by atoms with Crippen LogP contribution in [0.1, 0.15) is 69.0 Å². The maximum atomic E-state index is 12.8. The van der Waals surface area contributed by atoms with Gasteiger partial charge in [-0.15, -0.1) is 10.2 Å². The monoisotopic (exact) mass is 558 g/mol. The van der Waals surface area contributed by atoms with Crippen molar-refractivity contribution in [2.45, 2.75) is 64.8 Å². The third-order valence-corrected chi connectivity index (χ3v) is 7.93. The van der Waals surface area contributed by atoms with Crippen LogP contribution in [0.5, 0.6) is 0 Å². The van der Waals surface area contributed by atoms with E-state index in [2.05, 4.69) is 62.4 Å². The van der Waals surface area contributed by atoms with Crippen molar-refractivity contribution in [1.82, 2.24) is 30.2 Å². The SMILES string of the molecule is CCCCc1nc(Cl)c(C=C(CC2CCCC2)C(=O)OC)n1Cc1ccc(-c2ccccc2-c2nn[nH]n2)cc1. The molecular formula is C31H35ClN6O2. The van der Waals surface area contributed by atoms with E-state index >= 15 is 0 Å². The molecule has 0 spiro atoms. The molecule has 4 aromatic rings. The number of aromatic nitrogens is 6. The summed E-state index contributed by atoms with van der Waals surface area (Å²) in [6.07, 6.45) is 10.2. The smallest absolute Gasteiger partial charge is 0.333 e. The van der Waals surface area contributed by atoms with Gasteiger partial charge >= 0.3 is 5.97 Å². The minimum atomic E-state index is -0.296. The highest BCUT2D eigenvalue weighted by atomic mass is 35.5. The summed E-state index contributed by atoms with van der Waals surface area (Å²) in [5.41, 5.74) is 5.53. The molecule has 1 saturated carbocycles. The number of carbonyl (C=O) groups is 1. The number of halogens is 1. The number of hydrogen-bond acceptors (Lipinski definition) is 6. The maximum absolute atomic E-state index is 12.8. The molecule has 1 N–H and O–H groups in total. The highest BCUT2D eigenvalue weighted by molar-refractivity contribution is 6.30. The van der Waals surface area contributed by atoms with Gasteiger partial charge < -0.3 is 9.30 Å². The van der Waals surface area contributed by atoms with Crippen molar-refractivity contribution in [3.8, 4) is 22.5 Å². The minimum Gasteiger partial charge on any atom is -0.466 e. The van der Waals surface area contributed by atoms with E-state index < -0.39 is 0 Å². The van der Waals surface area contributed by atoms with Gasteiger partial charge in [0.1, 0.15) is 5.82 Å². The number of ether oxygens (including phenoxy) is 1. The molecule has 0 amide bonds. The number of rotatable bonds is 11. The summed E-state index contributed by atoms with van der Waals surface area (Å²) in [6, 6.07) is 16.5. The molecule has 1 aliphatic rings. The van der Waals surface area contributed by atoms with Crippen molar-refractivity contribution in [2.75, 3.05) is 7.11 Å². The van der Waals surface area contributed by atoms with Crippen molar-refractivity contribution in [2.24, 2.45) is 5.92 Å². The minimum absolute atomic E-state index is 0.296. The predicted molar refractivity (Wildman–Crippen MR) is 157 cm³/mol. The van der Waals surface area contributed by atoms with E-state index in [1.807, 2.05) is 24.3 Å². The third kappa shape index (κ3) is 6.33. The normalized spacial score (nSPS) is 14.1. The van der Waals surface area contributed by atoms with Gasteiger partial charge in [0.05, 0.1) is 12.8 Å². The van der Waals surface area contributed by atoms with Gasteiger partial charge in [0.2, 0.25) is 5.82 Å². The lowest BCUT2D eigenvalue weighted by molar-refractivity contribution is -0.136. The molecular weight excluding hydrogens is 524 g/mol. The number of nitrogens with one attached hydrogen (secondary N) is 1. The summed E-state index contributed by atoms with van der Waals surface area (Å²) in [5, 5.41) is 15.0. The largest absolute Gasteiger partial charge is 0.466 e. The molecule has 0 atom stereocenters. The highest BCUT2D eigenvalue weighted by Gasteiger charge is 2.23. The summed E-state index contributed by atoms with van der Waals surface area (Å²) < 4.78 is 7.31. The number of methoxy groups -OCH3 is 1. The van der Waals surface area contributed by atoms with Gasteiger partial charge in [0, 0.05) is 24.1 Å². The summed E-state index contributed by atoms with van der Waals surface area (Å²) in [6.45, 7) is 2.76. The number of carbonyl (C=O) groups excluding carboxylic acids is 1. The number of imidazole rings is 1. The molecule has 0 bridgehead atoms. The number of unbranched alkanes of at least 4 members (excludes halogenated alkanes) is 1. The Morgan fingerprint density at radius 2 is 1.88 bits per heavy atom. The van der Waals surface area contributed by atoms with Crippen LogP contribution < -0.4 is 0 Å². The molecule has 1 aliphatic carbocycles. The number of tetrazole rings is 1. The summed E-state index contributed by atoms with van der Waals surface area (Å²) in [5.74, 6) is 1.69. The Balaban J connectivity index is 1.47. The van der Waals surface area contributed by atoms with Gasteiger partial charge in [-0.2, -0.15) is 5.21 Å². The van der Waals surface area contributed by atoms with Crippen molar-refractivity contribution < 1.29 is 9.53 Å². The molecule has 0 unspecified atom stereocenters. The molecule has 0 aliphatic heterocycles. The first kappa shape index (κ1) is 27.8. The zero-order valence-electron chi connectivity index (χ0n) is 23.1. The van der Waals surface area contributed by atoms with Gasteiger partial charge in [-0.1, -0.05) is 99.2 Å². The molecule has 208 valence electrons. The van der Waals surface area contributed by atoms with Crippen LogP contribution >= 0.6 is 11.6 Å². The Hall–Kier alpha value is -3.78. The zero-order chi connectivity index (χ0) is 27.9. The number of esters is 1. The fourth-order valence-corrected chi connectivity index (χ4v) is 5.78. The number of benzene rings is 2. The molecule has 9 heteroatoms. The Morgan fingerprint density at radius 3 is 2.55 bits per heavy atom. The number of aromatic amines is 1. The second kappa shape index (κ2) is 13.0. The second-order valence-corrected chi connectivity index (χ2v) is 10.7. The standard InChI is InChI=1S/C31H35ClN6O2/c1-3-4-13-28-33-29(32)27(19-24(31(39)40-2)18-21-9-5-6-10-21)38(28)20-22-14-16-23(17-15-22)25-11-7-8-12-26(25)30-34-36-37-35-30/h7-8,11-12,14-17,19,21H,3-6,9-10,13,18,20H2,1-2H3,(H,34,35,36,37). The van der Waals surface area contributed by atoms with Gasteiger partial charge in [0.15, 0.2) is 5.15 Å². The number of H-pyrrole nitrogens is 1. The maximum Gasteiger partial charge on any atom is 0.333 e. The van der Waals surface area contributed by atoms with Crippen LogP contribution in [-0.4, -0.2) is 43.3 Å². The number of aryl methyl sites for hydroxylation is 1. The van der Waals surface area contributed by atoms with E-state index in [0.717, 1.165) is 65.9 Å². The molecule has 0 saturated heterocycles. The second-order valence-electron chi connectivity index (χ2n) is 10.4. The Labute approximate surface area is 239 Å². The van der Waals surface area contributed by atoms with Crippen molar-refractivity contribution in [3.05, 3.63) is 76.3 Å². The topological polar surface area (TPSA) is 98.6 Å². The molecule has 1 fully saturated rings. The molecule has 2 aromatic carbocycles. The molecule has 8 nitrogen and oxygen atoms in total. The van der Waals surface area contributed by atoms with Gasteiger partial charge in [-0.05, 0) is 46.7 Å². The van der Waals surface area contributed by atoms with Crippen LogP contribution in [0.25, 0.3) is 28.6 Å². The first-order valence-corrected chi connectivity index (χ1v) is 14.4. The summed E-state index contributed by atoms with van der Waals surface area (Å²) in [4.78, 5) is 17.5. The van der Waals surface area contributed by atoms with Crippen LogP contribution in [0, 0.1) is 5.92 Å². The lowest BCUT2D eigenvalue weighted by atomic mass is 9.97. The van der Waals surface area contributed by atoms with E-state index in [9.17, 15) is 4.79 Å². The van der Waals surface area contributed by atoms with E-state index in [4.69, 9.17) is 21.3 Å². The Kier molecular flexibility index (Phi) is 9.06. The van der Waals surface area contributed by atoms with Crippen LogP contribution in [0.15, 0.2) is 54.1 Å². The van der Waals surface area contributed by atoms with Crippen LogP contribution in [-0.2, 0) is 22.5 Å². The van der Waals surface area contributed by atoms with Crippen LogP contribution in [0.4, 0.5) is 0 Å². The predicted octanol–water partition coefficient (Wildman–Crippen LogP) is 6.91. The first-order valence-electron chi connectivity index (χ1n) is 14.0. The number of nitrogens with zero attached hydrogens (tertiary/aromatic N) is 5. The average Bonchev–Trinajstić information content (AvgIpc) is 3.76. The van der Waals surface area contributed by atoms with E-state index in [0.29, 0.717) is 35.4 Å². The Bertz CT molecular complexity index is 1450. The third-order valence-electron chi connectivity index (χ3n) is 7.66. The molecule has 0 radical (unpaired) electrons. The van der Waals surface area contributed by atoms with Gasteiger partial charge in [-0.3, -0.25) is 0 Å². The van der Waals surface area contributed by atoms with Gasteiger partial charge in [0.25, 0.3) is 0 Å². The van der Waals surface area contributed by atoms with Crippen molar-refractivity contribution in [3.63, 3.8) is 0 Å². The fourth-order valence-electron chi connectivity index (χ4n) is 5.52. The Morgan fingerprint density at radius 1 is 1.12 bits per heavy atom.